The van der Waals surface area contributed by atoms with E-state index in [9.17, 15) is 4.79 Å². The number of aromatic nitrogens is 2. The van der Waals surface area contributed by atoms with E-state index in [4.69, 9.17) is 0 Å². The topological polar surface area (TPSA) is 58.1 Å². The van der Waals surface area contributed by atoms with Crippen LogP contribution in [0.4, 0.5) is 5.95 Å². The average molecular weight is 248 g/mol. The van der Waals surface area contributed by atoms with Crippen LogP contribution in [0, 0.1) is 13.8 Å². The van der Waals surface area contributed by atoms with E-state index in [2.05, 4.69) is 15.3 Å². The van der Waals surface area contributed by atoms with Gasteiger partial charge in [0.1, 0.15) is 0 Å². The van der Waals surface area contributed by atoms with Crippen LogP contribution in [-0.2, 0) is 4.79 Å². The highest BCUT2D eigenvalue weighted by Crippen LogP contribution is 2.14. The Hall–Kier alpha value is -1.65. The van der Waals surface area contributed by atoms with Crippen molar-refractivity contribution in [3.05, 3.63) is 17.5 Å². The summed E-state index contributed by atoms with van der Waals surface area (Å²) in [6.45, 7) is 7.40. The number of carbonyl (C=O) groups excluding carboxylic acids is 1. The van der Waals surface area contributed by atoms with Gasteiger partial charge in [-0.1, -0.05) is 6.92 Å². The first kappa shape index (κ1) is 12.8. The highest BCUT2D eigenvalue weighted by molar-refractivity contribution is 5.76. The van der Waals surface area contributed by atoms with E-state index in [1.807, 2.05) is 31.7 Å². The summed E-state index contributed by atoms with van der Waals surface area (Å²) in [7, 11) is 0. The van der Waals surface area contributed by atoms with Crippen molar-refractivity contribution < 1.29 is 4.79 Å². The van der Waals surface area contributed by atoms with E-state index in [1.165, 1.54) is 0 Å². The molecule has 1 aromatic heterocycles. The minimum atomic E-state index is 0.223. The second-order valence-corrected chi connectivity index (χ2v) is 4.80. The van der Waals surface area contributed by atoms with Crippen LogP contribution >= 0.6 is 0 Å². The number of hydrogen-bond acceptors (Lipinski definition) is 4. The van der Waals surface area contributed by atoms with Crippen LogP contribution in [0.25, 0.3) is 0 Å². The van der Waals surface area contributed by atoms with Gasteiger partial charge in [-0.25, -0.2) is 9.97 Å². The molecule has 1 atom stereocenters. The summed E-state index contributed by atoms with van der Waals surface area (Å²) in [5, 5.41) is 3.32. The number of nitrogens with zero attached hydrogens (tertiary/aromatic N) is 3. The molecule has 0 radical (unpaired) electrons. The van der Waals surface area contributed by atoms with Crippen molar-refractivity contribution in [2.45, 2.75) is 39.7 Å². The lowest BCUT2D eigenvalue weighted by atomic mass is 10.3. The Bertz CT molecular complexity index is 426. The molecule has 1 N–H and O–H groups in total. The van der Waals surface area contributed by atoms with Crippen LogP contribution in [0.1, 0.15) is 31.2 Å². The van der Waals surface area contributed by atoms with Crippen LogP contribution in [0.2, 0.25) is 0 Å². The maximum absolute atomic E-state index is 11.6. The molecule has 0 bridgehead atoms. The Morgan fingerprint density at radius 3 is 2.72 bits per heavy atom. The summed E-state index contributed by atoms with van der Waals surface area (Å²) in [6, 6.07) is 2.22. The number of nitrogens with one attached hydrogen (secondary N) is 1. The Morgan fingerprint density at radius 1 is 1.44 bits per heavy atom. The molecular formula is C13H20N4O. The highest BCUT2D eigenvalue weighted by Gasteiger charge is 2.25. The monoisotopic (exact) mass is 248 g/mol. The Labute approximate surface area is 108 Å². The fourth-order valence-electron chi connectivity index (χ4n) is 2.30. The summed E-state index contributed by atoms with van der Waals surface area (Å²) in [4.78, 5) is 22.2. The van der Waals surface area contributed by atoms with Crippen molar-refractivity contribution in [1.29, 1.82) is 0 Å². The van der Waals surface area contributed by atoms with Crippen molar-refractivity contribution in [2.75, 3.05) is 18.4 Å². The standard InChI is InChI=1S/C13H20N4O/c1-4-12(18)17-6-5-11(8-17)16-13-14-9(2)7-10(3)15-13/h7,11H,4-6,8H2,1-3H3,(H,14,15,16). The normalized spacial score (nSPS) is 19.1. The Kier molecular flexibility index (Phi) is 3.79. The number of anilines is 1. The molecule has 5 nitrogen and oxygen atoms in total. The molecule has 1 aromatic rings. The van der Waals surface area contributed by atoms with Gasteiger partial charge in [0.2, 0.25) is 11.9 Å². The first-order chi connectivity index (χ1) is 8.58. The second kappa shape index (κ2) is 5.33. The molecule has 1 aliphatic rings. The quantitative estimate of drug-likeness (QED) is 0.881. The molecule has 1 amide bonds. The lowest BCUT2D eigenvalue weighted by Gasteiger charge is -2.16. The van der Waals surface area contributed by atoms with Crippen molar-refractivity contribution in [1.82, 2.24) is 14.9 Å². The smallest absolute Gasteiger partial charge is 0.223 e. The van der Waals surface area contributed by atoms with Gasteiger partial charge in [-0.2, -0.15) is 0 Å². The lowest BCUT2D eigenvalue weighted by molar-refractivity contribution is -0.129. The van der Waals surface area contributed by atoms with Gasteiger partial charge in [-0.15, -0.1) is 0 Å². The van der Waals surface area contributed by atoms with Crippen LogP contribution in [0.15, 0.2) is 6.07 Å². The molecule has 2 rings (SSSR count). The van der Waals surface area contributed by atoms with Crippen LogP contribution in [-0.4, -0.2) is 39.9 Å². The molecule has 98 valence electrons. The molecule has 1 fully saturated rings. The number of carbonyl (C=O) groups is 1. The third-order valence-electron chi connectivity index (χ3n) is 3.16. The van der Waals surface area contributed by atoms with E-state index >= 15 is 0 Å². The minimum absolute atomic E-state index is 0.223. The second-order valence-electron chi connectivity index (χ2n) is 4.80. The maximum Gasteiger partial charge on any atom is 0.223 e. The number of aryl methyl sites for hydroxylation is 2. The van der Waals surface area contributed by atoms with Gasteiger partial charge in [-0.3, -0.25) is 4.79 Å². The third kappa shape index (κ3) is 2.97. The molecule has 18 heavy (non-hydrogen) atoms. The molecule has 2 heterocycles. The van der Waals surface area contributed by atoms with Gasteiger partial charge >= 0.3 is 0 Å². The van der Waals surface area contributed by atoms with Gasteiger partial charge in [0, 0.05) is 36.9 Å². The largest absolute Gasteiger partial charge is 0.350 e. The first-order valence-electron chi connectivity index (χ1n) is 6.45. The van der Waals surface area contributed by atoms with E-state index in [0.29, 0.717) is 12.4 Å². The van der Waals surface area contributed by atoms with Gasteiger partial charge in [0.15, 0.2) is 0 Å². The minimum Gasteiger partial charge on any atom is -0.350 e. The van der Waals surface area contributed by atoms with Gasteiger partial charge in [0.25, 0.3) is 0 Å². The van der Waals surface area contributed by atoms with Gasteiger partial charge < -0.3 is 10.2 Å². The molecule has 1 aliphatic heterocycles. The molecule has 0 saturated carbocycles. The lowest BCUT2D eigenvalue weighted by Crippen LogP contribution is -2.31. The predicted molar refractivity (Wildman–Crippen MR) is 70.4 cm³/mol. The zero-order valence-corrected chi connectivity index (χ0v) is 11.2. The number of rotatable bonds is 3. The van der Waals surface area contributed by atoms with Crippen molar-refractivity contribution in [3.8, 4) is 0 Å². The maximum atomic E-state index is 11.6. The zero-order chi connectivity index (χ0) is 13.1. The molecule has 1 saturated heterocycles. The van der Waals surface area contributed by atoms with Crippen LogP contribution < -0.4 is 5.32 Å². The Balaban J connectivity index is 1.97. The molecular weight excluding hydrogens is 228 g/mol. The number of likely N-dealkylation sites (tertiary alicyclic amines) is 1. The third-order valence-corrected chi connectivity index (χ3v) is 3.16. The predicted octanol–water partition coefficient (Wildman–Crippen LogP) is 1.52. The first-order valence-corrected chi connectivity index (χ1v) is 6.45. The van der Waals surface area contributed by atoms with Crippen molar-refractivity contribution in [3.63, 3.8) is 0 Å². The summed E-state index contributed by atoms with van der Waals surface area (Å²) >= 11 is 0. The summed E-state index contributed by atoms with van der Waals surface area (Å²) in [6.07, 6.45) is 1.54. The number of hydrogen-bond donors (Lipinski definition) is 1. The molecule has 5 heteroatoms. The molecule has 0 spiro atoms. The fourth-order valence-corrected chi connectivity index (χ4v) is 2.30. The number of amides is 1. The molecule has 0 aliphatic carbocycles. The van der Waals surface area contributed by atoms with Crippen LogP contribution in [0.3, 0.4) is 0 Å². The van der Waals surface area contributed by atoms with Crippen LogP contribution in [0.5, 0.6) is 0 Å². The highest BCUT2D eigenvalue weighted by atomic mass is 16.2. The van der Waals surface area contributed by atoms with Crippen molar-refractivity contribution in [2.24, 2.45) is 0 Å². The van der Waals surface area contributed by atoms with E-state index in [0.717, 1.165) is 30.9 Å². The van der Waals surface area contributed by atoms with E-state index < -0.39 is 0 Å². The SMILES string of the molecule is CCC(=O)N1CCC(Nc2nc(C)cc(C)n2)C1. The van der Waals surface area contributed by atoms with E-state index in [1.54, 1.807) is 0 Å². The summed E-state index contributed by atoms with van der Waals surface area (Å²) in [5.41, 5.74) is 1.92. The van der Waals surface area contributed by atoms with Crippen molar-refractivity contribution >= 4 is 11.9 Å². The zero-order valence-electron chi connectivity index (χ0n) is 11.2. The molecule has 0 aromatic carbocycles. The molecule has 1 unspecified atom stereocenters. The summed E-state index contributed by atoms with van der Waals surface area (Å²) in [5.74, 6) is 0.893. The van der Waals surface area contributed by atoms with E-state index in [-0.39, 0.29) is 11.9 Å². The Morgan fingerprint density at radius 2 is 2.11 bits per heavy atom. The van der Waals surface area contributed by atoms with Gasteiger partial charge in [0.05, 0.1) is 0 Å². The fraction of sp³-hybridized carbons (Fsp3) is 0.615. The average Bonchev–Trinajstić information content (AvgIpc) is 2.75. The summed E-state index contributed by atoms with van der Waals surface area (Å²) < 4.78 is 0. The van der Waals surface area contributed by atoms with Gasteiger partial charge in [-0.05, 0) is 26.3 Å².